The van der Waals surface area contributed by atoms with Gasteiger partial charge in [0.1, 0.15) is 5.82 Å². The number of aromatic nitrogens is 1. The standard InChI is InChI=1S/C26H29FN4O/c1-18-5-6-19(2)24(15-18)29-11-13-30(14-12-29)25-21-16-20(27)7-8-23(21)28-17-22(25)26(32)31-9-3-4-10-31/h5-8,15-17H,3-4,9-14H2,1-2H3. The molecule has 0 bridgehead atoms. The van der Waals surface area contributed by atoms with Crippen molar-refractivity contribution in [3.8, 4) is 0 Å². The fourth-order valence-corrected chi connectivity index (χ4v) is 4.97. The first kappa shape index (κ1) is 20.7. The summed E-state index contributed by atoms with van der Waals surface area (Å²) in [6, 6.07) is 11.2. The van der Waals surface area contributed by atoms with Crippen molar-refractivity contribution in [1.82, 2.24) is 9.88 Å². The molecule has 5 rings (SSSR count). The minimum absolute atomic E-state index is 0.00752. The van der Waals surface area contributed by atoms with Crippen molar-refractivity contribution in [2.24, 2.45) is 0 Å². The van der Waals surface area contributed by atoms with E-state index in [4.69, 9.17) is 0 Å². The van der Waals surface area contributed by atoms with E-state index in [1.165, 1.54) is 28.9 Å². The molecule has 3 heterocycles. The molecule has 5 nitrogen and oxygen atoms in total. The number of piperazine rings is 1. The first-order chi connectivity index (χ1) is 15.5. The van der Waals surface area contributed by atoms with Crippen LogP contribution in [0.15, 0.2) is 42.6 Å². The van der Waals surface area contributed by atoms with Crippen molar-refractivity contribution < 1.29 is 9.18 Å². The molecule has 0 saturated carbocycles. The summed E-state index contributed by atoms with van der Waals surface area (Å²) in [7, 11) is 0. The van der Waals surface area contributed by atoms with Crippen LogP contribution >= 0.6 is 0 Å². The number of likely N-dealkylation sites (tertiary alicyclic amines) is 1. The fourth-order valence-electron chi connectivity index (χ4n) is 4.97. The van der Waals surface area contributed by atoms with E-state index in [1.807, 2.05) is 4.90 Å². The highest BCUT2D eigenvalue weighted by molar-refractivity contribution is 6.07. The highest BCUT2D eigenvalue weighted by atomic mass is 19.1. The SMILES string of the molecule is Cc1ccc(C)c(N2CCN(c3c(C(=O)N4CCCC4)cnc4ccc(F)cc34)CC2)c1. The van der Waals surface area contributed by atoms with Crippen LogP contribution in [0.25, 0.3) is 10.9 Å². The number of benzene rings is 2. The monoisotopic (exact) mass is 432 g/mol. The summed E-state index contributed by atoms with van der Waals surface area (Å²) in [5, 5.41) is 0.718. The van der Waals surface area contributed by atoms with E-state index in [-0.39, 0.29) is 11.7 Å². The van der Waals surface area contributed by atoms with Gasteiger partial charge >= 0.3 is 0 Å². The van der Waals surface area contributed by atoms with Crippen LogP contribution in [0.3, 0.4) is 0 Å². The van der Waals surface area contributed by atoms with Gasteiger partial charge in [-0.05, 0) is 62.1 Å². The summed E-state index contributed by atoms with van der Waals surface area (Å²) >= 11 is 0. The van der Waals surface area contributed by atoms with Gasteiger partial charge in [0.2, 0.25) is 0 Å². The topological polar surface area (TPSA) is 39.7 Å². The minimum atomic E-state index is -0.305. The van der Waals surface area contributed by atoms with Crippen LogP contribution in [0.1, 0.15) is 34.3 Å². The number of anilines is 2. The molecule has 0 spiro atoms. The summed E-state index contributed by atoms with van der Waals surface area (Å²) in [4.78, 5) is 24.4. The van der Waals surface area contributed by atoms with Gasteiger partial charge in [-0.25, -0.2) is 4.39 Å². The Balaban J connectivity index is 1.50. The number of rotatable bonds is 3. The molecule has 0 unspecified atom stereocenters. The number of fused-ring (bicyclic) bond motifs is 1. The second-order valence-corrected chi connectivity index (χ2v) is 8.95. The molecular weight excluding hydrogens is 403 g/mol. The third-order valence-corrected chi connectivity index (χ3v) is 6.73. The molecule has 1 amide bonds. The third kappa shape index (κ3) is 3.78. The van der Waals surface area contributed by atoms with Crippen molar-refractivity contribution in [3.05, 3.63) is 65.1 Å². The number of pyridine rings is 1. The molecule has 0 atom stereocenters. The lowest BCUT2D eigenvalue weighted by Gasteiger charge is -2.39. The fraction of sp³-hybridized carbons (Fsp3) is 0.385. The van der Waals surface area contributed by atoms with Crippen molar-refractivity contribution in [3.63, 3.8) is 0 Å². The zero-order valence-corrected chi connectivity index (χ0v) is 18.8. The van der Waals surface area contributed by atoms with E-state index in [9.17, 15) is 9.18 Å². The Labute approximate surface area is 188 Å². The summed E-state index contributed by atoms with van der Waals surface area (Å²) in [5.41, 5.74) is 5.92. The van der Waals surface area contributed by atoms with Gasteiger partial charge in [-0.2, -0.15) is 0 Å². The molecule has 0 radical (unpaired) electrons. The van der Waals surface area contributed by atoms with Gasteiger partial charge in [0.15, 0.2) is 0 Å². The van der Waals surface area contributed by atoms with Gasteiger partial charge in [0.05, 0.1) is 16.8 Å². The van der Waals surface area contributed by atoms with E-state index in [2.05, 4.69) is 46.8 Å². The molecule has 2 aromatic carbocycles. The molecule has 2 saturated heterocycles. The molecule has 166 valence electrons. The Morgan fingerprint density at radius 2 is 1.62 bits per heavy atom. The molecule has 1 aromatic heterocycles. The lowest BCUT2D eigenvalue weighted by Crippen LogP contribution is -2.47. The number of carbonyl (C=O) groups excluding carboxylic acids is 1. The Bertz CT molecular complexity index is 1160. The number of amides is 1. The van der Waals surface area contributed by atoms with Crippen LogP contribution in [0.4, 0.5) is 15.8 Å². The highest BCUT2D eigenvalue weighted by Gasteiger charge is 2.28. The smallest absolute Gasteiger partial charge is 0.257 e. The minimum Gasteiger partial charge on any atom is -0.368 e. The number of nitrogens with zero attached hydrogens (tertiary/aromatic N) is 4. The third-order valence-electron chi connectivity index (χ3n) is 6.73. The van der Waals surface area contributed by atoms with Gasteiger partial charge in [-0.15, -0.1) is 0 Å². The Morgan fingerprint density at radius 3 is 2.38 bits per heavy atom. The molecular formula is C26H29FN4O. The van der Waals surface area contributed by atoms with Crippen LogP contribution in [0, 0.1) is 19.7 Å². The molecule has 2 fully saturated rings. The maximum Gasteiger partial charge on any atom is 0.257 e. The highest BCUT2D eigenvalue weighted by Crippen LogP contribution is 2.33. The first-order valence-corrected chi connectivity index (χ1v) is 11.5. The average Bonchev–Trinajstić information content (AvgIpc) is 3.34. The van der Waals surface area contributed by atoms with Gasteiger partial charge in [0.25, 0.3) is 5.91 Å². The number of hydrogen-bond donors (Lipinski definition) is 0. The summed E-state index contributed by atoms with van der Waals surface area (Å²) in [5.74, 6) is -0.298. The van der Waals surface area contributed by atoms with Crippen molar-refractivity contribution in [2.45, 2.75) is 26.7 Å². The predicted octanol–water partition coefficient (Wildman–Crippen LogP) is 4.55. The van der Waals surface area contributed by atoms with Crippen molar-refractivity contribution in [2.75, 3.05) is 49.1 Å². The predicted molar refractivity (Wildman–Crippen MR) is 127 cm³/mol. The summed E-state index contributed by atoms with van der Waals surface area (Å²) in [6.07, 6.45) is 3.75. The second-order valence-electron chi connectivity index (χ2n) is 8.95. The van der Waals surface area contributed by atoms with Crippen LogP contribution in [-0.2, 0) is 0 Å². The molecule has 2 aliphatic rings. The Morgan fingerprint density at radius 1 is 0.906 bits per heavy atom. The molecule has 0 aliphatic carbocycles. The zero-order valence-electron chi connectivity index (χ0n) is 18.8. The molecule has 2 aliphatic heterocycles. The Kier molecular flexibility index (Phi) is 5.45. The molecule has 32 heavy (non-hydrogen) atoms. The van der Waals surface area contributed by atoms with E-state index < -0.39 is 0 Å². The zero-order chi connectivity index (χ0) is 22.2. The molecule has 0 N–H and O–H groups in total. The quantitative estimate of drug-likeness (QED) is 0.609. The lowest BCUT2D eigenvalue weighted by molar-refractivity contribution is 0.0793. The second kappa shape index (κ2) is 8.41. The van der Waals surface area contributed by atoms with E-state index in [1.54, 1.807) is 12.3 Å². The summed E-state index contributed by atoms with van der Waals surface area (Å²) in [6.45, 7) is 9.05. The number of halogens is 1. The maximum absolute atomic E-state index is 14.2. The van der Waals surface area contributed by atoms with E-state index in [0.717, 1.165) is 68.7 Å². The van der Waals surface area contributed by atoms with E-state index in [0.29, 0.717) is 5.56 Å². The number of hydrogen-bond acceptors (Lipinski definition) is 4. The van der Waals surface area contributed by atoms with Crippen LogP contribution in [0.5, 0.6) is 0 Å². The van der Waals surface area contributed by atoms with Crippen LogP contribution < -0.4 is 9.80 Å². The van der Waals surface area contributed by atoms with Crippen LogP contribution in [0.2, 0.25) is 0 Å². The molecule has 6 heteroatoms. The first-order valence-electron chi connectivity index (χ1n) is 11.5. The van der Waals surface area contributed by atoms with E-state index >= 15 is 0 Å². The normalized spacial score (nSPS) is 16.8. The largest absolute Gasteiger partial charge is 0.368 e. The number of aryl methyl sites for hydroxylation is 2. The van der Waals surface area contributed by atoms with Gasteiger partial charge < -0.3 is 14.7 Å². The van der Waals surface area contributed by atoms with Gasteiger partial charge in [-0.1, -0.05) is 12.1 Å². The van der Waals surface area contributed by atoms with Gasteiger partial charge in [-0.3, -0.25) is 9.78 Å². The van der Waals surface area contributed by atoms with Crippen molar-refractivity contribution in [1.29, 1.82) is 0 Å². The number of carbonyl (C=O) groups is 1. The average molecular weight is 433 g/mol. The van der Waals surface area contributed by atoms with Crippen LogP contribution in [-0.4, -0.2) is 55.1 Å². The van der Waals surface area contributed by atoms with Gasteiger partial charge in [0, 0.05) is 56.5 Å². The Hall–Kier alpha value is -3.15. The molecule has 3 aromatic rings. The maximum atomic E-state index is 14.2. The lowest BCUT2D eigenvalue weighted by atomic mass is 10.0. The summed E-state index contributed by atoms with van der Waals surface area (Å²) < 4.78 is 14.2. The van der Waals surface area contributed by atoms with Crippen molar-refractivity contribution >= 4 is 28.2 Å².